The van der Waals surface area contributed by atoms with Gasteiger partial charge in [-0.15, -0.1) is 0 Å². The highest BCUT2D eigenvalue weighted by atomic mass is 79.9. The molecule has 0 amide bonds. The van der Waals surface area contributed by atoms with E-state index in [4.69, 9.17) is 11.6 Å². The molecule has 0 fully saturated rings. The first-order chi connectivity index (χ1) is 9.50. The van der Waals surface area contributed by atoms with Crippen molar-refractivity contribution in [2.75, 3.05) is 11.9 Å². The van der Waals surface area contributed by atoms with Crippen LogP contribution in [0.15, 0.2) is 35.1 Å². The van der Waals surface area contributed by atoms with Crippen LogP contribution in [-0.2, 0) is 6.54 Å². The highest BCUT2D eigenvalue weighted by Gasteiger charge is 2.17. The molecule has 3 nitrogen and oxygen atoms in total. The van der Waals surface area contributed by atoms with Crippen molar-refractivity contribution >= 4 is 33.3 Å². The summed E-state index contributed by atoms with van der Waals surface area (Å²) in [6.45, 7) is 4.95. The van der Waals surface area contributed by atoms with Gasteiger partial charge in [-0.25, -0.2) is 9.97 Å². The molecule has 0 bridgehead atoms. The van der Waals surface area contributed by atoms with Crippen molar-refractivity contribution in [1.29, 1.82) is 0 Å². The van der Waals surface area contributed by atoms with Gasteiger partial charge in [-0.1, -0.05) is 59.6 Å². The smallest absolute Gasteiger partial charge is 0.138 e. The standard InChI is InChI=1S/C15H17BrClN3/c1-10(2)13-14(17)18-9-19-15(13)20(3)8-11-6-4-5-7-12(11)16/h4-7,9-10H,8H2,1-3H3. The summed E-state index contributed by atoms with van der Waals surface area (Å²) in [6.07, 6.45) is 1.51. The van der Waals surface area contributed by atoms with Crippen LogP contribution in [0, 0.1) is 0 Å². The molecule has 1 aromatic carbocycles. The maximum absolute atomic E-state index is 6.22. The fourth-order valence-corrected chi connectivity index (χ4v) is 2.88. The van der Waals surface area contributed by atoms with E-state index in [9.17, 15) is 0 Å². The van der Waals surface area contributed by atoms with Crippen LogP contribution in [0.4, 0.5) is 5.82 Å². The summed E-state index contributed by atoms with van der Waals surface area (Å²) in [5.74, 6) is 1.16. The highest BCUT2D eigenvalue weighted by molar-refractivity contribution is 9.10. The van der Waals surface area contributed by atoms with Crippen molar-refractivity contribution < 1.29 is 0 Å². The van der Waals surface area contributed by atoms with E-state index in [-0.39, 0.29) is 5.92 Å². The minimum atomic E-state index is 0.278. The lowest BCUT2D eigenvalue weighted by Gasteiger charge is -2.23. The molecule has 0 aliphatic heterocycles. The van der Waals surface area contributed by atoms with Crippen LogP contribution < -0.4 is 4.90 Å². The summed E-state index contributed by atoms with van der Waals surface area (Å²) in [6, 6.07) is 8.18. The number of nitrogens with zero attached hydrogens (tertiary/aromatic N) is 3. The number of anilines is 1. The molecule has 5 heteroatoms. The Morgan fingerprint density at radius 3 is 2.60 bits per heavy atom. The van der Waals surface area contributed by atoms with E-state index in [1.807, 2.05) is 25.2 Å². The molecule has 1 heterocycles. The van der Waals surface area contributed by atoms with E-state index in [0.29, 0.717) is 5.15 Å². The topological polar surface area (TPSA) is 29.0 Å². The molecule has 20 heavy (non-hydrogen) atoms. The Balaban J connectivity index is 2.33. The zero-order valence-electron chi connectivity index (χ0n) is 11.8. The van der Waals surface area contributed by atoms with Crippen LogP contribution in [0.1, 0.15) is 30.9 Å². The third kappa shape index (κ3) is 3.30. The van der Waals surface area contributed by atoms with Gasteiger partial charge >= 0.3 is 0 Å². The molecule has 0 radical (unpaired) electrons. The average molecular weight is 355 g/mol. The summed E-state index contributed by atoms with van der Waals surface area (Å²) in [7, 11) is 2.02. The number of rotatable bonds is 4. The van der Waals surface area contributed by atoms with Gasteiger partial charge in [0.25, 0.3) is 0 Å². The van der Waals surface area contributed by atoms with Gasteiger partial charge in [0.05, 0.1) is 0 Å². The fraction of sp³-hybridized carbons (Fsp3) is 0.333. The second-order valence-electron chi connectivity index (χ2n) is 5.00. The predicted molar refractivity (Wildman–Crippen MR) is 87.4 cm³/mol. The molecule has 0 aliphatic rings. The Hall–Kier alpha value is -1.13. The quantitative estimate of drug-likeness (QED) is 0.748. The maximum atomic E-state index is 6.22. The summed E-state index contributed by atoms with van der Waals surface area (Å²) in [5, 5.41) is 0.531. The lowest BCUT2D eigenvalue weighted by atomic mass is 10.1. The Morgan fingerprint density at radius 1 is 1.25 bits per heavy atom. The number of hydrogen-bond donors (Lipinski definition) is 0. The molecule has 0 spiro atoms. The molecule has 106 valence electrons. The summed E-state index contributed by atoms with van der Waals surface area (Å²) in [4.78, 5) is 10.6. The molecule has 0 N–H and O–H groups in total. The monoisotopic (exact) mass is 353 g/mol. The van der Waals surface area contributed by atoms with Crippen molar-refractivity contribution in [3.05, 3.63) is 51.3 Å². The summed E-state index contributed by atoms with van der Waals surface area (Å²) < 4.78 is 1.10. The van der Waals surface area contributed by atoms with Gasteiger partial charge in [0.2, 0.25) is 0 Å². The molecule has 0 aliphatic carbocycles. The fourth-order valence-electron chi connectivity index (χ4n) is 2.12. The van der Waals surface area contributed by atoms with Gasteiger partial charge in [-0.2, -0.15) is 0 Å². The van der Waals surface area contributed by atoms with E-state index in [0.717, 1.165) is 22.4 Å². The zero-order valence-corrected chi connectivity index (χ0v) is 14.1. The SMILES string of the molecule is CC(C)c1c(Cl)ncnc1N(C)Cc1ccccc1Br. The molecule has 2 rings (SSSR count). The Bertz CT molecular complexity index is 601. The van der Waals surface area contributed by atoms with Crippen molar-refractivity contribution in [2.24, 2.45) is 0 Å². The molecule has 0 saturated heterocycles. The second-order valence-corrected chi connectivity index (χ2v) is 6.22. The lowest BCUT2D eigenvalue weighted by Crippen LogP contribution is -2.20. The van der Waals surface area contributed by atoms with Gasteiger partial charge in [-0.05, 0) is 17.5 Å². The largest absolute Gasteiger partial charge is 0.355 e. The van der Waals surface area contributed by atoms with Crippen LogP contribution in [0.5, 0.6) is 0 Å². The van der Waals surface area contributed by atoms with E-state index in [1.165, 1.54) is 11.9 Å². The minimum Gasteiger partial charge on any atom is -0.355 e. The van der Waals surface area contributed by atoms with Gasteiger partial charge in [0.15, 0.2) is 0 Å². The Kier molecular flexibility index (Phi) is 5.00. The van der Waals surface area contributed by atoms with Gasteiger partial charge in [0.1, 0.15) is 17.3 Å². The van der Waals surface area contributed by atoms with Crippen molar-refractivity contribution in [3.63, 3.8) is 0 Å². The molecular weight excluding hydrogens is 338 g/mol. The van der Waals surface area contributed by atoms with Gasteiger partial charge in [-0.3, -0.25) is 0 Å². The van der Waals surface area contributed by atoms with Crippen molar-refractivity contribution in [1.82, 2.24) is 9.97 Å². The average Bonchev–Trinajstić information content (AvgIpc) is 2.40. The van der Waals surface area contributed by atoms with E-state index >= 15 is 0 Å². The molecule has 1 aromatic heterocycles. The van der Waals surface area contributed by atoms with Crippen LogP contribution in [-0.4, -0.2) is 17.0 Å². The molecule has 2 aromatic rings. The van der Waals surface area contributed by atoms with Crippen LogP contribution in [0.25, 0.3) is 0 Å². The minimum absolute atomic E-state index is 0.278. The van der Waals surface area contributed by atoms with Crippen molar-refractivity contribution in [2.45, 2.75) is 26.3 Å². The van der Waals surface area contributed by atoms with E-state index in [1.54, 1.807) is 0 Å². The third-order valence-corrected chi connectivity index (χ3v) is 4.19. The first-order valence-corrected chi connectivity index (χ1v) is 7.62. The third-order valence-electron chi connectivity index (χ3n) is 3.12. The highest BCUT2D eigenvalue weighted by Crippen LogP contribution is 2.31. The zero-order chi connectivity index (χ0) is 14.7. The van der Waals surface area contributed by atoms with Crippen LogP contribution in [0.3, 0.4) is 0 Å². The number of hydrogen-bond acceptors (Lipinski definition) is 3. The number of benzene rings is 1. The van der Waals surface area contributed by atoms with E-state index < -0.39 is 0 Å². The van der Waals surface area contributed by atoms with Crippen molar-refractivity contribution in [3.8, 4) is 0 Å². The van der Waals surface area contributed by atoms with Gasteiger partial charge < -0.3 is 4.90 Å². The number of halogens is 2. The normalized spacial score (nSPS) is 10.9. The summed E-state index contributed by atoms with van der Waals surface area (Å²) in [5.41, 5.74) is 2.20. The van der Waals surface area contributed by atoms with Gasteiger partial charge in [0, 0.05) is 23.6 Å². The Morgan fingerprint density at radius 2 is 1.95 bits per heavy atom. The maximum Gasteiger partial charge on any atom is 0.138 e. The first-order valence-electron chi connectivity index (χ1n) is 6.45. The first kappa shape index (κ1) is 15.3. The van der Waals surface area contributed by atoms with E-state index in [2.05, 4.69) is 50.7 Å². The number of aromatic nitrogens is 2. The van der Waals surface area contributed by atoms with Crippen LogP contribution >= 0.6 is 27.5 Å². The molecule has 0 atom stereocenters. The summed E-state index contributed by atoms with van der Waals surface area (Å²) >= 11 is 9.79. The predicted octanol–water partition coefficient (Wildman–Crippen LogP) is 4.65. The lowest BCUT2D eigenvalue weighted by molar-refractivity contribution is 0.807. The van der Waals surface area contributed by atoms with Crippen LogP contribution in [0.2, 0.25) is 5.15 Å². The second kappa shape index (κ2) is 6.55. The molecule has 0 saturated carbocycles. The molecular formula is C15H17BrClN3. The Labute approximate surface area is 133 Å². The molecule has 0 unspecified atom stereocenters.